The maximum atomic E-state index is 13.0. The molecule has 1 atom stereocenters. The molecule has 7 nitrogen and oxygen atoms in total. The fraction of sp³-hybridized carbons (Fsp3) is 0.263. The number of carbonyl (C=O) groups is 1. The standard InChI is InChI=1S/C19H17Cl2N5O2/c1-11-9-26-16(23-24-18(26)15-8-12(28-2)6-7-22-15)10-25(11)19(27)13-4-3-5-14(20)17(13)21/h3-8,11H,9-10H2,1-2H3/t11-/m0/s1. The number of rotatable bonds is 3. The molecule has 1 amide bonds. The second kappa shape index (κ2) is 7.41. The van der Waals surface area contributed by atoms with E-state index >= 15 is 0 Å². The SMILES string of the molecule is COc1ccnc(-c2nnc3n2C[C@H](C)N(C(=O)c2cccc(Cl)c2Cl)C3)c1. The first-order valence-electron chi connectivity index (χ1n) is 8.67. The third kappa shape index (κ3) is 3.21. The van der Waals surface area contributed by atoms with Gasteiger partial charge in [-0.2, -0.15) is 0 Å². The second-order valence-electron chi connectivity index (χ2n) is 6.51. The van der Waals surface area contributed by atoms with Crippen LogP contribution in [0, 0.1) is 0 Å². The van der Waals surface area contributed by atoms with Crippen LogP contribution in [0.5, 0.6) is 5.75 Å². The van der Waals surface area contributed by atoms with E-state index in [2.05, 4.69) is 15.2 Å². The second-order valence-corrected chi connectivity index (χ2v) is 7.30. The minimum Gasteiger partial charge on any atom is -0.497 e. The first-order valence-corrected chi connectivity index (χ1v) is 9.42. The van der Waals surface area contributed by atoms with E-state index in [-0.39, 0.29) is 17.0 Å². The third-order valence-electron chi connectivity index (χ3n) is 4.76. The summed E-state index contributed by atoms with van der Waals surface area (Å²) in [6.07, 6.45) is 1.67. The van der Waals surface area contributed by atoms with Gasteiger partial charge in [0.1, 0.15) is 11.4 Å². The van der Waals surface area contributed by atoms with Crippen molar-refractivity contribution in [2.75, 3.05) is 7.11 Å². The summed E-state index contributed by atoms with van der Waals surface area (Å²) in [5.41, 5.74) is 1.05. The zero-order valence-corrected chi connectivity index (χ0v) is 16.8. The van der Waals surface area contributed by atoms with Gasteiger partial charge in [-0.15, -0.1) is 10.2 Å². The van der Waals surface area contributed by atoms with E-state index in [1.54, 1.807) is 42.5 Å². The summed E-state index contributed by atoms with van der Waals surface area (Å²) in [6, 6.07) is 8.54. The number of nitrogens with zero attached hydrogens (tertiary/aromatic N) is 5. The Morgan fingerprint density at radius 1 is 1.25 bits per heavy atom. The number of halogens is 2. The van der Waals surface area contributed by atoms with Gasteiger partial charge in [-0.05, 0) is 25.1 Å². The van der Waals surface area contributed by atoms with E-state index in [0.29, 0.717) is 46.8 Å². The number of hydrogen-bond donors (Lipinski definition) is 0. The Balaban J connectivity index is 1.66. The minimum atomic E-state index is -0.185. The van der Waals surface area contributed by atoms with E-state index in [1.807, 2.05) is 17.6 Å². The number of benzene rings is 1. The number of fused-ring (bicyclic) bond motifs is 1. The smallest absolute Gasteiger partial charge is 0.256 e. The van der Waals surface area contributed by atoms with Crippen molar-refractivity contribution in [1.29, 1.82) is 0 Å². The molecule has 3 aromatic rings. The lowest BCUT2D eigenvalue weighted by molar-refractivity contribution is 0.0612. The van der Waals surface area contributed by atoms with Crippen LogP contribution in [-0.4, -0.2) is 43.7 Å². The van der Waals surface area contributed by atoms with Crippen molar-refractivity contribution >= 4 is 29.1 Å². The van der Waals surface area contributed by atoms with Crippen LogP contribution in [0.25, 0.3) is 11.5 Å². The van der Waals surface area contributed by atoms with Gasteiger partial charge >= 0.3 is 0 Å². The normalized spacial score (nSPS) is 16.0. The van der Waals surface area contributed by atoms with Gasteiger partial charge in [0.05, 0.1) is 29.3 Å². The van der Waals surface area contributed by atoms with Gasteiger partial charge in [0.2, 0.25) is 0 Å². The highest BCUT2D eigenvalue weighted by atomic mass is 35.5. The molecule has 28 heavy (non-hydrogen) atoms. The molecule has 1 aromatic carbocycles. The molecule has 0 saturated carbocycles. The Bertz CT molecular complexity index is 1050. The molecule has 1 aliphatic heterocycles. The molecule has 0 N–H and O–H groups in total. The van der Waals surface area contributed by atoms with E-state index in [0.717, 1.165) is 0 Å². The average molecular weight is 418 g/mol. The molecule has 0 radical (unpaired) electrons. The van der Waals surface area contributed by atoms with E-state index < -0.39 is 0 Å². The highest BCUT2D eigenvalue weighted by molar-refractivity contribution is 6.43. The predicted octanol–water partition coefficient (Wildman–Crippen LogP) is 3.70. The van der Waals surface area contributed by atoms with Gasteiger partial charge in [-0.25, -0.2) is 0 Å². The predicted molar refractivity (Wildman–Crippen MR) is 106 cm³/mol. The fourth-order valence-corrected chi connectivity index (χ4v) is 3.64. The van der Waals surface area contributed by atoms with Crippen LogP contribution in [0.15, 0.2) is 36.5 Å². The zero-order chi connectivity index (χ0) is 19.8. The number of hydrogen-bond acceptors (Lipinski definition) is 5. The lowest BCUT2D eigenvalue weighted by Gasteiger charge is -2.34. The monoisotopic (exact) mass is 417 g/mol. The van der Waals surface area contributed by atoms with Gasteiger partial charge in [-0.3, -0.25) is 9.78 Å². The number of amides is 1. The molecule has 0 unspecified atom stereocenters. The van der Waals surface area contributed by atoms with E-state index in [9.17, 15) is 4.79 Å². The van der Waals surface area contributed by atoms with Crippen molar-refractivity contribution in [3.63, 3.8) is 0 Å². The number of methoxy groups -OCH3 is 1. The molecule has 0 bridgehead atoms. The molecule has 1 aliphatic rings. The molecular formula is C19H17Cl2N5O2. The van der Waals surface area contributed by atoms with Gasteiger partial charge in [0, 0.05) is 24.8 Å². The summed E-state index contributed by atoms with van der Waals surface area (Å²) in [5.74, 6) is 1.84. The summed E-state index contributed by atoms with van der Waals surface area (Å²) in [4.78, 5) is 19.1. The molecule has 144 valence electrons. The molecule has 4 rings (SSSR count). The fourth-order valence-electron chi connectivity index (χ4n) is 3.26. The maximum absolute atomic E-state index is 13.0. The summed E-state index contributed by atoms with van der Waals surface area (Å²) in [6.45, 7) is 2.84. The van der Waals surface area contributed by atoms with Crippen molar-refractivity contribution in [2.24, 2.45) is 0 Å². The lowest BCUT2D eigenvalue weighted by atomic mass is 10.1. The summed E-state index contributed by atoms with van der Waals surface area (Å²) in [7, 11) is 1.60. The molecule has 0 saturated heterocycles. The number of pyridine rings is 1. The third-order valence-corrected chi connectivity index (χ3v) is 5.58. The van der Waals surface area contributed by atoms with E-state index in [1.165, 1.54) is 0 Å². The summed E-state index contributed by atoms with van der Waals surface area (Å²) in [5, 5.41) is 9.17. The molecule has 9 heteroatoms. The van der Waals surface area contributed by atoms with Crippen LogP contribution in [0.3, 0.4) is 0 Å². The molecule has 0 aliphatic carbocycles. The molecule has 0 fully saturated rings. The topological polar surface area (TPSA) is 73.1 Å². The Kier molecular flexibility index (Phi) is 4.95. The Labute approximate surface area is 171 Å². The maximum Gasteiger partial charge on any atom is 0.256 e. The van der Waals surface area contributed by atoms with Crippen molar-refractivity contribution < 1.29 is 9.53 Å². The first-order chi connectivity index (χ1) is 13.5. The summed E-state index contributed by atoms with van der Waals surface area (Å²) < 4.78 is 7.24. The van der Waals surface area contributed by atoms with Crippen LogP contribution >= 0.6 is 23.2 Å². The van der Waals surface area contributed by atoms with Crippen LogP contribution in [0.1, 0.15) is 23.1 Å². The van der Waals surface area contributed by atoms with Crippen molar-refractivity contribution in [3.8, 4) is 17.3 Å². The lowest BCUT2D eigenvalue weighted by Crippen LogP contribution is -2.45. The van der Waals surface area contributed by atoms with Crippen molar-refractivity contribution in [2.45, 2.75) is 26.1 Å². The number of aromatic nitrogens is 4. The molecular weight excluding hydrogens is 401 g/mol. The molecule has 0 spiro atoms. The van der Waals surface area contributed by atoms with Gasteiger partial charge in [-0.1, -0.05) is 29.3 Å². The summed E-state index contributed by atoms with van der Waals surface area (Å²) >= 11 is 12.3. The number of ether oxygens (including phenoxy) is 1. The Hall–Kier alpha value is -2.64. The van der Waals surface area contributed by atoms with Crippen molar-refractivity contribution in [3.05, 3.63) is 58.0 Å². The Morgan fingerprint density at radius 3 is 2.86 bits per heavy atom. The van der Waals surface area contributed by atoms with Gasteiger partial charge in [0.25, 0.3) is 5.91 Å². The Morgan fingerprint density at radius 2 is 2.07 bits per heavy atom. The zero-order valence-electron chi connectivity index (χ0n) is 15.3. The van der Waals surface area contributed by atoms with Crippen LogP contribution in [0.4, 0.5) is 0 Å². The molecule has 2 aromatic heterocycles. The van der Waals surface area contributed by atoms with Crippen LogP contribution in [-0.2, 0) is 13.1 Å². The van der Waals surface area contributed by atoms with Crippen LogP contribution < -0.4 is 4.74 Å². The average Bonchev–Trinajstić information content (AvgIpc) is 3.11. The van der Waals surface area contributed by atoms with Gasteiger partial charge in [0.15, 0.2) is 11.6 Å². The number of carbonyl (C=O) groups excluding carboxylic acids is 1. The minimum absolute atomic E-state index is 0.0876. The highest BCUT2D eigenvalue weighted by Gasteiger charge is 2.32. The van der Waals surface area contributed by atoms with E-state index in [4.69, 9.17) is 27.9 Å². The molecule has 3 heterocycles. The van der Waals surface area contributed by atoms with Crippen molar-refractivity contribution in [1.82, 2.24) is 24.6 Å². The highest BCUT2D eigenvalue weighted by Crippen LogP contribution is 2.30. The van der Waals surface area contributed by atoms with Crippen LogP contribution in [0.2, 0.25) is 10.0 Å². The van der Waals surface area contributed by atoms with Gasteiger partial charge < -0.3 is 14.2 Å². The first kappa shape index (κ1) is 18.7. The largest absolute Gasteiger partial charge is 0.497 e. The quantitative estimate of drug-likeness (QED) is 0.649.